The van der Waals surface area contributed by atoms with Gasteiger partial charge in [0, 0.05) is 6.04 Å². The van der Waals surface area contributed by atoms with Crippen LogP contribution in [0.25, 0.3) is 0 Å². The van der Waals surface area contributed by atoms with Crippen LogP contribution in [-0.2, 0) is 9.53 Å². The van der Waals surface area contributed by atoms with Gasteiger partial charge >= 0.3 is 5.97 Å². The third-order valence-corrected chi connectivity index (χ3v) is 2.74. The molecule has 4 nitrogen and oxygen atoms in total. The molecule has 0 radical (unpaired) electrons. The molecule has 1 aliphatic carbocycles. The molecule has 2 N–H and O–H groups in total. The summed E-state index contributed by atoms with van der Waals surface area (Å²) >= 11 is 0. The Kier molecular flexibility index (Phi) is 4.35. The Hall–Kier alpha value is -0.610. The van der Waals surface area contributed by atoms with E-state index in [-0.39, 0.29) is 18.1 Å². The van der Waals surface area contributed by atoms with Gasteiger partial charge in [-0.05, 0) is 32.6 Å². The third-order valence-electron chi connectivity index (χ3n) is 2.74. The molecule has 0 amide bonds. The van der Waals surface area contributed by atoms with E-state index < -0.39 is 0 Å². The van der Waals surface area contributed by atoms with Crippen LogP contribution in [0, 0.1) is 0 Å². The summed E-state index contributed by atoms with van der Waals surface area (Å²) in [6.45, 7) is 1.80. The predicted octanol–water partition coefficient (Wildman–Crippen LogP) is 0.441. The zero-order valence-electron chi connectivity index (χ0n) is 8.82. The van der Waals surface area contributed by atoms with Gasteiger partial charge in [0.25, 0.3) is 0 Å². The quantitative estimate of drug-likeness (QED) is 0.651. The number of carbonyl (C=O) groups is 1. The third kappa shape index (κ3) is 3.27. The maximum atomic E-state index is 11.1. The van der Waals surface area contributed by atoms with Crippen LogP contribution in [0.2, 0.25) is 0 Å². The normalized spacial score (nSPS) is 29.6. The van der Waals surface area contributed by atoms with Crippen molar-refractivity contribution in [3.8, 4) is 0 Å². The standard InChI is InChI=1S/C10H19NO3/c1-7(10(13)14-2)11-8-3-5-9(12)6-4-8/h7-9,11-12H,3-6H2,1-2H3/t7-,8?,9?/m0/s1. The molecule has 0 spiro atoms. The number of esters is 1. The number of carbonyl (C=O) groups excluding carboxylic acids is 1. The summed E-state index contributed by atoms with van der Waals surface area (Å²) in [4.78, 5) is 11.1. The first-order valence-electron chi connectivity index (χ1n) is 5.15. The number of hydrogen-bond donors (Lipinski definition) is 2. The molecular formula is C10H19NO3. The van der Waals surface area contributed by atoms with Crippen molar-refractivity contribution in [2.75, 3.05) is 7.11 Å². The van der Waals surface area contributed by atoms with Gasteiger partial charge in [0.1, 0.15) is 6.04 Å². The molecule has 1 saturated carbocycles. The fourth-order valence-electron chi connectivity index (χ4n) is 1.84. The van der Waals surface area contributed by atoms with Crippen molar-refractivity contribution in [1.29, 1.82) is 0 Å². The summed E-state index contributed by atoms with van der Waals surface area (Å²) in [5, 5.41) is 12.5. The van der Waals surface area contributed by atoms with E-state index in [1.807, 2.05) is 0 Å². The molecule has 0 aromatic heterocycles. The average molecular weight is 201 g/mol. The van der Waals surface area contributed by atoms with E-state index in [2.05, 4.69) is 10.1 Å². The number of ether oxygens (including phenoxy) is 1. The largest absolute Gasteiger partial charge is 0.468 e. The molecule has 0 heterocycles. The van der Waals surface area contributed by atoms with E-state index in [9.17, 15) is 9.90 Å². The van der Waals surface area contributed by atoms with E-state index in [1.54, 1.807) is 6.92 Å². The van der Waals surface area contributed by atoms with Gasteiger partial charge < -0.3 is 15.2 Å². The molecule has 1 atom stereocenters. The highest BCUT2D eigenvalue weighted by Crippen LogP contribution is 2.18. The topological polar surface area (TPSA) is 58.6 Å². The van der Waals surface area contributed by atoms with Crippen molar-refractivity contribution in [2.24, 2.45) is 0 Å². The molecule has 1 rings (SSSR count). The Morgan fingerprint density at radius 3 is 2.50 bits per heavy atom. The van der Waals surface area contributed by atoms with Crippen LogP contribution in [0.4, 0.5) is 0 Å². The van der Waals surface area contributed by atoms with Crippen molar-refractivity contribution >= 4 is 5.97 Å². The van der Waals surface area contributed by atoms with Crippen molar-refractivity contribution in [3.05, 3.63) is 0 Å². The minimum absolute atomic E-state index is 0.151. The Balaban J connectivity index is 2.27. The van der Waals surface area contributed by atoms with E-state index in [1.165, 1.54) is 7.11 Å². The highest BCUT2D eigenvalue weighted by atomic mass is 16.5. The number of nitrogens with one attached hydrogen (secondary N) is 1. The van der Waals surface area contributed by atoms with Crippen molar-refractivity contribution in [3.63, 3.8) is 0 Å². The lowest BCUT2D eigenvalue weighted by atomic mass is 9.93. The molecule has 14 heavy (non-hydrogen) atoms. The molecule has 0 aliphatic heterocycles. The number of aliphatic hydroxyl groups excluding tert-OH is 1. The van der Waals surface area contributed by atoms with E-state index in [0.29, 0.717) is 6.04 Å². The van der Waals surface area contributed by atoms with Gasteiger partial charge in [-0.25, -0.2) is 0 Å². The second-order valence-corrected chi connectivity index (χ2v) is 3.92. The van der Waals surface area contributed by atoms with Gasteiger partial charge in [-0.3, -0.25) is 4.79 Å². The first-order chi connectivity index (χ1) is 6.63. The summed E-state index contributed by atoms with van der Waals surface area (Å²) in [7, 11) is 1.39. The van der Waals surface area contributed by atoms with E-state index in [0.717, 1.165) is 25.7 Å². The highest BCUT2D eigenvalue weighted by Gasteiger charge is 2.22. The molecule has 4 heteroatoms. The SMILES string of the molecule is COC(=O)[C@H](C)NC1CCC(O)CC1. The van der Waals surface area contributed by atoms with E-state index in [4.69, 9.17) is 0 Å². The monoisotopic (exact) mass is 201 g/mol. The summed E-state index contributed by atoms with van der Waals surface area (Å²) in [5.41, 5.74) is 0. The number of hydrogen-bond acceptors (Lipinski definition) is 4. The maximum absolute atomic E-state index is 11.1. The number of rotatable bonds is 3. The summed E-state index contributed by atoms with van der Waals surface area (Å²) in [6, 6.07) is 0.0905. The van der Waals surface area contributed by atoms with Crippen LogP contribution < -0.4 is 5.32 Å². The second kappa shape index (κ2) is 5.32. The molecule has 0 unspecified atom stereocenters. The average Bonchev–Trinajstić information content (AvgIpc) is 2.20. The lowest BCUT2D eigenvalue weighted by Crippen LogP contribution is -2.44. The molecule has 0 saturated heterocycles. The molecule has 1 aliphatic rings. The Bertz CT molecular complexity index is 188. The summed E-state index contributed by atoms with van der Waals surface area (Å²) < 4.78 is 4.62. The van der Waals surface area contributed by atoms with Crippen molar-refractivity contribution < 1.29 is 14.6 Å². The van der Waals surface area contributed by atoms with Gasteiger partial charge in [0.05, 0.1) is 13.2 Å². The van der Waals surface area contributed by atoms with Crippen LogP contribution in [0.3, 0.4) is 0 Å². The fraction of sp³-hybridized carbons (Fsp3) is 0.900. The van der Waals surface area contributed by atoms with Gasteiger partial charge in [-0.2, -0.15) is 0 Å². The zero-order chi connectivity index (χ0) is 10.6. The predicted molar refractivity (Wildman–Crippen MR) is 52.9 cm³/mol. The fourth-order valence-corrected chi connectivity index (χ4v) is 1.84. The van der Waals surface area contributed by atoms with Crippen LogP contribution in [0.5, 0.6) is 0 Å². The minimum atomic E-state index is -0.250. The van der Waals surface area contributed by atoms with Crippen LogP contribution in [0.15, 0.2) is 0 Å². The van der Waals surface area contributed by atoms with Crippen LogP contribution in [0.1, 0.15) is 32.6 Å². The molecule has 0 bridgehead atoms. The van der Waals surface area contributed by atoms with E-state index >= 15 is 0 Å². The molecule has 82 valence electrons. The summed E-state index contributed by atoms with van der Waals surface area (Å²) in [6.07, 6.45) is 3.36. The number of aliphatic hydroxyl groups is 1. The first-order valence-corrected chi connectivity index (χ1v) is 5.15. The van der Waals surface area contributed by atoms with Gasteiger partial charge in [0.15, 0.2) is 0 Å². The molecule has 0 aromatic rings. The van der Waals surface area contributed by atoms with Gasteiger partial charge in [-0.1, -0.05) is 0 Å². The highest BCUT2D eigenvalue weighted by molar-refractivity contribution is 5.75. The van der Waals surface area contributed by atoms with Crippen molar-refractivity contribution in [1.82, 2.24) is 5.32 Å². The van der Waals surface area contributed by atoms with Crippen LogP contribution in [-0.4, -0.2) is 36.4 Å². The minimum Gasteiger partial charge on any atom is -0.468 e. The lowest BCUT2D eigenvalue weighted by molar-refractivity contribution is -0.142. The molecular weight excluding hydrogens is 182 g/mol. The Morgan fingerprint density at radius 2 is 2.00 bits per heavy atom. The Labute approximate surface area is 84.6 Å². The first kappa shape index (κ1) is 11.5. The van der Waals surface area contributed by atoms with Gasteiger partial charge in [0.2, 0.25) is 0 Å². The van der Waals surface area contributed by atoms with Crippen molar-refractivity contribution in [2.45, 2.75) is 50.8 Å². The lowest BCUT2D eigenvalue weighted by Gasteiger charge is -2.28. The Morgan fingerprint density at radius 1 is 1.43 bits per heavy atom. The van der Waals surface area contributed by atoms with Crippen LogP contribution >= 0.6 is 0 Å². The molecule has 1 fully saturated rings. The molecule has 0 aromatic carbocycles. The maximum Gasteiger partial charge on any atom is 0.322 e. The smallest absolute Gasteiger partial charge is 0.322 e. The summed E-state index contributed by atoms with van der Waals surface area (Å²) in [5.74, 6) is -0.226. The second-order valence-electron chi connectivity index (χ2n) is 3.92. The number of methoxy groups -OCH3 is 1. The van der Waals surface area contributed by atoms with Gasteiger partial charge in [-0.15, -0.1) is 0 Å². The zero-order valence-corrected chi connectivity index (χ0v) is 8.82.